The fraction of sp³-hybridized carbons (Fsp3) is 0.438. The van der Waals surface area contributed by atoms with Crippen molar-refractivity contribution in [1.82, 2.24) is 15.2 Å². The van der Waals surface area contributed by atoms with E-state index in [1.807, 2.05) is 25.1 Å². The quantitative estimate of drug-likeness (QED) is 0.883. The number of aromatic nitrogens is 3. The van der Waals surface area contributed by atoms with Crippen molar-refractivity contribution in [3.8, 4) is 5.75 Å². The number of hydrogen-bond donors (Lipinski definition) is 1. The molecule has 1 atom stereocenters. The molecule has 122 valence electrons. The van der Waals surface area contributed by atoms with E-state index in [0.717, 1.165) is 30.6 Å². The lowest BCUT2D eigenvalue weighted by molar-refractivity contribution is -0.119. The summed E-state index contributed by atoms with van der Waals surface area (Å²) in [7, 11) is 0. The number of aryl methyl sites for hydroxylation is 1. The van der Waals surface area contributed by atoms with Crippen molar-refractivity contribution in [2.45, 2.75) is 49.6 Å². The van der Waals surface area contributed by atoms with Gasteiger partial charge in [0, 0.05) is 11.4 Å². The van der Waals surface area contributed by atoms with E-state index < -0.39 is 0 Å². The lowest BCUT2D eigenvalue weighted by Crippen LogP contribution is -2.21. The van der Waals surface area contributed by atoms with Gasteiger partial charge in [0.1, 0.15) is 18.1 Å². The second-order valence-electron chi connectivity index (χ2n) is 5.58. The molecule has 3 rings (SSSR count). The summed E-state index contributed by atoms with van der Waals surface area (Å²) in [5, 5.41) is 8.34. The summed E-state index contributed by atoms with van der Waals surface area (Å²) in [6, 6.07) is 5.51. The maximum Gasteiger partial charge on any atom is 0.209 e. The minimum atomic E-state index is -0.00719. The summed E-state index contributed by atoms with van der Waals surface area (Å²) in [6.07, 6.45) is 3.69. The highest BCUT2D eigenvalue weighted by Gasteiger charge is 2.24. The Hall–Kier alpha value is -1.53. The Bertz CT molecular complexity index is 704. The van der Waals surface area contributed by atoms with Crippen LogP contribution in [0.25, 0.3) is 0 Å². The van der Waals surface area contributed by atoms with Crippen molar-refractivity contribution in [1.29, 1.82) is 0 Å². The van der Waals surface area contributed by atoms with Crippen molar-refractivity contribution in [3.63, 3.8) is 0 Å². The molecule has 7 heteroatoms. The molecule has 1 heterocycles. The lowest BCUT2D eigenvalue weighted by Gasteiger charge is -2.17. The molecule has 1 aliphatic carbocycles. The van der Waals surface area contributed by atoms with Crippen LogP contribution in [0.4, 0.5) is 0 Å². The molecule has 1 fully saturated rings. The van der Waals surface area contributed by atoms with Gasteiger partial charge in [0.25, 0.3) is 0 Å². The number of aromatic amines is 1. The van der Waals surface area contributed by atoms with Crippen molar-refractivity contribution in [3.05, 3.63) is 34.6 Å². The molecule has 1 aromatic heterocycles. The fourth-order valence-electron chi connectivity index (χ4n) is 2.46. The van der Waals surface area contributed by atoms with Crippen molar-refractivity contribution >= 4 is 29.1 Å². The number of Topliss-reactive ketones (excluding diaryl/α,β-unsaturated/α-hetero) is 1. The molecule has 0 radical (unpaired) electrons. The monoisotopic (exact) mass is 351 g/mol. The number of rotatable bonds is 5. The predicted octanol–water partition coefficient (Wildman–Crippen LogP) is 3.95. The number of nitrogens with zero attached hydrogens (tertiary/aromatic N) is 2. The van der Waals surface area contributed by atoms with Gasteiger partial charge >= 0.3 is 0 Å². The van der Waals surface area contributed by atoms with Crippen LogP contribution in [0.2, 0.25) is 5.02 Å². The van der Waals surface area contributed by atoms with Gasteiger partial charge in [-0.15, -0.1) is 5.10 Å². The van der Waals surface area contributed by atoms with Crippen LogP contribution in [0.3, 0.4) is 0 Å². The molecular weight excluding hydrogens is 334 g/mol. The first-order valence-corrected chi connectivity index (χ1v) is 8.87. The Morgan fingerprint density at radius 3 is 3.09 bits per heavy atom. The summed E-state index contributed by atoms with van der Waals surface area (Å²) in [5.74, 6) is 1.68. The molecule has 0 spiro atoms. The highest BCUT2D eigenvalue weighted by Crippen LogP contribution is 2.29. The molecule has 0 saturated heterocycles. The molecule has 5 nitrogen and oxygen atoms in total. The van der Waals surface area contributed by atoms with E-state index in [2.05, 4.69) is 15.2 Å². The third-order valence-corrected chi connectivity index (χ3v) is 5.36. The Morgan fingerprint density at radius 1 is 1.43 bits per heavy atom. The minimum Gasteiger partial charge on any atom is -0.486 e. The minimum absolute atomic E-state index is 0.00719. The SMILES string of the molecule is Cc1cc(OCc2nc(S[C@H]3CCCCC3=O)n[nH]2)ccc1Cl. The van der Waals surface area contributed by atoms with Gasteiger partial charge in [-0.25, -0.2) is 4.98 Å². The second kappa shape index (κ2) is 7.36. The maximum atomic E-state index is 11.9. The van der Waals surface area contributed by atoms with Crippen molar-refractivity contribution in [2.75, 3.05) is 0 Å². The van der Waals surface area contributed by atoms with Gasteiger partial charge in [-0.1, -0.05) is 29.8 Å². The molecule has 2 aromatic rings. The van der Waals surface area contributed by atoms with E-state index in [1.165, 1.54) is 11.8 Å². The van der Waals surface area contributed by atoms with E-state index in [1.54, 1.807) is 0 Å². The van der Waals surface area contributed by atoms with Gasteiger partial charge in [0.05, 0.1) is 5.25 Å². The van der Waals surface area contributed by atoms with Crippen LogP contribution in [0.5, 0.6) is 5.75 Å². The first-order valence-electron chi connectivity index (χ1n) is 7.61. The standard InChI is InChI=1S/C16H18ClN3O2S/c1-10-8-11(6-7-12(10)17)22-9-15-18-16(20-19-15)23-14-5-3-2-4-13(14)21/h6-8,14H,2-5,9H2,1H3,(H,18,19,20)/t14-/m0/s1. The van der Waals surface area contributed by atoms with Crippen LogP contribution in [-0.2, 0) is 11.4 Å². The summed E-state index contributed by atoms with van der Waals surface area (Å²) in [6.45, 7) is 2.23. The lowest BCUT2D eigenvalue weighted by atomic mass is 9.99. The number of halogens is 1. The topological polar surface area (TPSA) is 67.9 Å². The molecular formula is C16H18ClN3O2S. The van der Waals surface area contributed by atoms with E-state index >= 15 is 0 Å². The molecule has 1 aromatic carbocycles. The molecule has 0 aliphatic heterocycles. The van der Waals surface area contributed by atoms with Crippen LogP contribution in [0, 0.1) is 6.92 Å². The number of benzene rings is 1. The van der Waals surface area contributed by atoms with E-state index in [9.17, 15) is 4.79 Å². The van der Waals surface area contributed by atoms with Crippen molar-refractivity contribution < 1.29 is 9.53 Å². The zero-order chi connectivity index (χ0) is 16.2. The van der Waals surface area contributed by atoms with E-state index in [4.69, 9.17) is 16.3 Å². The Morgan fingerprint density at radius 2 is 2.30 bits per heavy atom. The van der Waals surface area contributed by atoms with Gasteiger partial charge in [0.2, 0.25) is 5.16 Å². The highest BCUT2D eigenvalue weighted by molar-refractivity contribution is 8.00. The third kappa shape index (κ3) is 4.26. The normalized spacial score (nSPS) is 18.2. The average Bonchev–Trinajstić information content (AvgIpc) is 2.98. The van der Waals surface area contributed by atoms with Gasteiger partial charge in [-0.05, 0) is 43.5 Å². The zero-order valence-corrected chi connectivity index (χ0v) is 14.4. The largest absolute Gasteiger partial charge is 0.486 e. The Labute approximate surface area is 144 Å². The number of ether oxygens (including phenoxy) is 1. The van der Waals surface area contributed by atoms with Crippen LogP contribution in [0.1, 0.15) is 37.1 Å². The molecule has 0 bridgehead atoms. The third-order valence-electron chi connectivity index (χ3n) is 3.76. The molecule has 1 N–H and O–H groups in total. The number of carbonyl (C=O) groups excluding carboxylic acids is 1. The van der Waals surface area contributed by atoms with Gasteiger partial charge in [-0.2, -0.15) is 0 Å². The Balaban J connectivity index is 1.56. The predicted molar refractivity (Wildman–Crippen MR) is 90.0 cm³/mol. The van der Waals surface area contributed by atoms with Gasteiger partial charge in [0.15, 0.2) is 5.82 Å². The smallest absolute Gasteiger partial charge is 0.209 e. The zero-order valence-electron chi connectivity index (χ0n) is 12.8. The van der Waals surface area contributed by atoms with Crippen LogP contribution in [0.15, 0.2) is 23.4 Å². The number of ketones is 1. The van der Waals surface area contributed by atoms with Gasteiger partial charge < -0.3 is 4.74 Å². The highest BCUT2D eigenvalue weighted by atomic mass is 35.5. The molecule has 1 saturated carbocycles. The maximum absolute atomic E-state index is 11.9. The second-order valence-corrected chi connectivity index (χ2v) is 7.16. The first kappa shape index (κ1) is 16.3. The van der Waals surface area contributed by atoms with Crippen LogP contribution in [-0.4, -0.2) is 26.2 Å². The molecule has 23 heavy (non-hydrogen) atoms. The number of nitrogens with one attached hydrogen (secondary N) is 1. The first-order chi connectivity index (χ1) is 11.1. The van der Waals surface area contributed by atoms with Crippen LogP contribution >= 0.6 is 23.4 Å². The number of thioether (sulfide) groups is 1. The van der Waals surface area contributed by atoms with Crippen LogP contribution < -0.4 is 4.74 Å². The molecule has 1 aliphatic rings. The average molecular weight is 352 g/mol. The summed E-state index contributed by atoms with van der Waals surface area (Å²) in [5.41, 5.74) is 0.966. The van der Waals surface area contributed by atoms with E-state index in [0.29, 0.717) is 34.8 Å². The summed E-state index contributed by atoms with van der Waals surface area (Å²) >= 11 is 7.43. The molecule has 0 unspecified atom stereocenters. The summed E-state index contributed by atoms with van der Waals surface area (Å²) < 4.78 is 5.68. The molecule has 0 amide bonds. The number of H-pyrrole nitrogens is 1. The fourth-order valence-corrected chi connectivity index (χ4v) is 3.62. The Kier molecular flexibility index (Phi) is 5.23. The summed E-state index contributed by atoms with van der Waals surface area (Å²) in [4.78, 5) is 16.2. The van der Waals surface area contributed by atoms with E-state index in [-0.39, 0.29) is 5.25 Å². The number of hydrogen-bond acceptors (Lipinski definition) is 5. The number of carbonyl (C=O) groups is 1. The van der Waals surface area contributed by atoms with Gasteiger partial charge in [-0.3, -0.25) is 9.89 Å². The van der Waals surface area contributed by atoms with Crippen molar-refractivity contribution in [2.24, 2.45) is 0 Å².